The van der Waals surface area contributed by atoms with Crippen molar-refractivity contribution in [3.63, 3.8) is 0 Å². The number of aryl methyl sites for hydroxylation is 1. The van der Waals surface area contributed by atoms with E-state index >= 15 is 0 Å². The quantitative estimate of drug-likeness (QED) is 0.540. The Balaban J connectivity index is 1.45. The van der Waals surface area contributed by atoms with Crippen LogP contribution in [0.15, 0.2) is 53.2 Å². The van der Waals surface area contributed by atoms with Gasteiger partial charge in [0, 0.05) is 17.6 Å². The Bertz CT molecular complexity index is 1100. The van der Waals surface area contributed by atoms with Gasteiger partial charge in [-0.1, -0.05) is 17.3 Å². The van der Waals surface area contributed by atoms with Crippen LogP contribution in [0, 0.1) is 12.7 Å². The van der Waals surface area contributed by atoms with E-state index < -0.39 is 11.8 Å². The van der Waals surface area contributed by atoms with E-state index in [4.69, 9.17) is 4.52 Å². The molecule has 0 bridgehead atoms. The van der Waals surface area contributed by atoms with Gasteiger partial charge in [0.05, 0.1) is 11.8 Å². The largest absolute Gasteiger partial charge is 0.507 e. The third kappa shape index (κ3) is 3.89. The summed E-state index contributed by atoms with van der Waals surface area (Å²) in [6.45, 7) is 1.99. The Kier molecular flexibility index (Phi) is 4.99. The minimum Gasteiger partial charge on any atom is -0.507 e. The van der Waals surface area contributed by atoms with Gasteiger partial charge < -0.3 is 20.3 Å². The van der Waals surface area contributed by atoms with Crippen LogP contribution < -0.4 is 10.6 Å². The van der Waals surface area contributed by atoms with Crippen LogP contribution in [0.1, 0.15) is 44.9 Å². The molecule has 2 amide bonds. The van der Waals surface area contributed by atoms with Gasteiger partial charge in [0.2, 0.25) is 0 Å². The van der Waals surface area contributed by atoms with Crippen molar-refractivity contribution >= 4 is 17.5 Å². The number of benzene rings is 2. The molecule has 2 aromatic carbocycles. The topological polar surface area (TPSA) is 104 Å². The molecular weight excluding hydrogens is 389 g/mol. The lowest BCUT2D eigenvalue weighted by Gasteiger charge is -2.17. The molecular formula is C22H20FN3O4. The molecule has 0 unspecified atom stereocenters. The van der Waals surface area contributed by atoms with E-state index in [9.17, 15) is 19.1 Å². The number of anilines is 1. The smallest absolute Gasteiger partial charge is 0.260 e. The lowest BCUT2D eigenvalue weighted by molar-refractivity contribution is 0.0945. The lowest BCUT2D eigenvalue weighted by atomic mass is 9.96. The first-order valence-electron chi connectivity index (χ1n) is 9.48. The molecule has 3 N–H and O–H groups in total. The van der Waals surface area contributed by atoms with Crippen LogP contribution in [0.5, 0.6) is 5.75 Å². The first-order chi connectivity index (χ1) is 14.4. The summed E-state index contributed by atoms with van der Waals surface area (Å²) in [5.41, 5.74) is 1.44. The second-order valence-electron chi connectivity index (χ2n) is 7.45. The highest BCUT2D eigenvalue weighted by molar-refractivity contribution is 6.06. The molecule has 1 saturated carbocycles. The average Bonchev–Trinajstić information content (AvgIpc) is 3.40. The van der Waals surface area contributed by atoms with Gasteiger partial charge in [-0.3, -0.25) is 9.59 Å². The summed E-state index contributed by atoms with van der Waals surface area (Å²) in [4.78, 5) is 25.0. The molecule has 8 heteroatoms. The third-order valence-corrected chi connectivity index (χ3v) is 5.39. The molecule has 0 atom stereocenters. The number of nitrogens with zero attached hydrogens (tertiary/aromatic N) is 1. The number of amides is 2. The van der Waals surface area contributed by atoms with Crippen LogP contribution in [-0.4, -0.2) is 28.6 Å². The van der Waals surface area contributed by atoms with E-state index in [1.165, 1.54) is 36.5 Å². The molecule has 0 aliphatic heterocycles. The summed E-state index contributed by atoms with van der Waals surface area (Å²) in [6.07, 6.45) is 3.08. The molecule has 4 rings (SSSR count). The van der Waals surface area contributed by atoms with Gasteiger partial charge in [-0.15, -0.1) is 0 Å². The van der Waals surface area contributed by atoms with Gasteiger partial charge in [0.15, 0.2) is 0 Å². The zero-order chi connectivity index (χ0) is 21.3. The molecule has 1 aliphatic rings. The van der Waals surface area contributed by atoms with Crippen LogP contribution >= 0.6 is 0 Å². The third-order valence-electron chi connectivity index (χ3n) is 5.39. The number of phenols is 1. The lowest BCUT2D eigenvalue weighted by Crippen LogP contribution is -2.32. The number of nitrogens with one attached hydrogen (secondary N) is 2. The number of phenolic OH excluding ortho intramolecular Hbond substituents is 1. The fraction of sp³-hybridized carbons (Fsp3) is 0.227. The highest BCUT2D eigenvalue weighted by Gasteiger charge is 2.44. The number of aromatic nitrogens is 1. The van der Waals surface area contributed by atoms with E-state index in [1.54, 1.807) is 19.1 Å². The van der Waals surface area contributed by atoms with E-state index in [0.717, 1.165) is 18.4 Å². The Morgan fingerprint density at radius 1 is 1.13 bits per heavy atom. The van der Waals surface area contributed by atoms with Gasteiger partial charge in [-0.25, -0.2) is 4.39 Å². The zero-order valence-electron chi connectivity index (χ0n) is 16.2. The normalized spacial score (nSPS) is 14.2. The molecule has 0 spiro atoms. The molecule has 1 heterocycles. The molecule has 1 aromatic heterocycles. The maximum Gasteiger partial charge on any atom is 0.260 e. The highest BCUT2D eigenvalue weighted by Crippen LogP contribution is 2.47. The molecule has 0 saturated heterocycles. The van der Waals surface area contributed by atoms with E-state index in [2.05, 4.69) is 15.8 Å². The zero-order valence-corrected chi connectivity index (χ0v) is 16.2. The van der Waals surface area contributed by atoms with Gasteiger partial charge >= 0.3 is 0 Å². The van der Waals surface area contributed by atoms with Crippen LogP contribution in [0.3, 0.4) is 0 Å². The van der Waals surface area contributed by atoms with Gasteiger partial charge in [0.25, 0.3) is 11.8 Å². The number of carbonyl (C=O) groups excluding carboxylic acids is 2. The van der Waals surface area contributed by atoms with Crippen LogP contribution in [0.2, 0.25) is 0 Å². The molecule has 0 radical (unpaired) electrons. The molecule has 154 valence electrons. The standard InChI is InChI=1S/C22H20FN3O4/c1-13-18(11-25-30-13)21(29)26-16-6-7-19(27)17(10-16)20(28)24-12-22(8-9-22)14-2-4-15(23)5-3-14/h2-7,10-11,27H,8-9,12H2,1H3,(H,24,28)(H,26,29). The molecule has 3 aromatic rings. The average molecular weight is 409 g/mol. The Morgan fingerprint density at radius 3 is 2.50 bits per heavy atom. The Labute approximate surface area is 171 Å². The minimum absolute atomic E-state index is 0.0461. The second kappa shape index (κ2) is 7.62. The van der Waals surface area contributed by atoms with Crippen molar-refractivity contribution in [2.75, 3.05) is 11.9 Å². The Morgan fingerprint density at radius 2 is 1.87 bits per heavy atom. The summed E-state index contributed by atoms with van der Waals surface area (Å²) in [6, 6.07) is 10.5. The number of carbonyl (C=O) groups is 2. The number of aromatic hydroxyl groups is 1. The summed E-state index contributed by atoms with van der Waals surface area (Å²) in [5.74, 6) is -1.01. The van der Waals surface area contributed by atoms with E-state index in [-0.39, 0.29) is 28.1 Å². The van der Waals surface area contributed by atoms with E-state index in [1.807, 2.05) is 0 Å². The number of hydrogen-bond acceptors (Lipinski definition) is 5. The van der Waals surface area contributed by atoms with E-state index in [0.29, 0.717) is 18.0 Å². The summed E-state index contributed by atoms with van der Waals surface area (Å²) in [7, 11) is 0. The fourth-order valence-electron chi connectivity index (χ4n) is 3.38. The predicted molar refractivity (Wildman–Crippen MR) is 107 cm³/mol. The molecule has 1 fully saturated rings. The second-order valence-corrected chi connectivity index (χ2v) is 7.45. The first kappa shape index (κ1) is 19.6. The van der Waals surface area contributed by atoms with Gasteiger partial charge in [0.1, 0.15) is 22.9 Å². The molecule has 7 nitrogen and oxygen atoms in total. The SMILES string of the molecule is Cc1oncc1C(=O)Nc1ccc(O)c(C(=O)NCC2(c3ccc(F)cc3)CC2)c1. The van der Waals surface area contributed by atoms with Crippen molar-refractivity contribution < 1.29 is 23.6 Å². The number of rotatable bonds is 6. The van der Waals surface area contributed by atoms with Crippen LogP contribution in [0.25, 0.3) is 0 Å². The van der Waals surface area contributed by atoms with Crippen molar-refractivity contribution in [3.05, 3.63) is 76.9 Å². The van der Waals surface area contributed by atoms with Gasteiger partial charge in [-0.2, -0.15) is 0 Å². The van der Waals surface area contributed by atoms with Crippen LogP contribution in [-0.2, 0) is 5.41 Å². The number of halogens is 1. The van der Waals surface area contributed by atoms with Crippen molar-refractivity contribution in [1.29, 1.82) is 0 Å². The van der Waals surface area contributed by atoms with Crippen molar-refractivity contribution in [3.8, 4) is 5.75 Å². The molecule has 30 heavy (non-hydrogen) atoms. The van der Waals surface area contributed by atoms with Crippen molar-refractivity contribution in [1.82, 2.24) is 10.5 Å². The van der Waals surface area contributed by atoms with Crippen molar-refractivity contribution in [2.45, 2.75) is 25.2 Å². The summed E-state index contributed by atoms with van der Waals surface area (Å²) in [5, 5.41) is 19.2. The van der Waals surface area contributed by atoms with Crippen LogP contribution in [0.4, 0.5) is 10.1 Å². The number of hydrogen-bond donors (Lipinski definition) is 3. The first-order valence-corrected chi connectivity index (χ1v) is 9.48. The maximum atomic E-state index is 13.2. The molecule has 1 aliphatic carbocycles. The Hall–Kier alpha value is -3.68. The predicted octanol–water partition coefficient (Wildman–Crippen LogP) is 3.54. The summed E-state index contributed by atoms with van der Waals surface area (Å²) < 4.78 is 18.1. The summed E-state index contributed by atoms with van der Waals surface area (Å²) >= 11 is 0. The van der Waals surface area contributed by atoms with Crippen molar-refractivity contribution in [2.24, 2.45) is 0 Å². The maximum absolute atomic E-state index is 13.2. The monoisotopic (exact) mass is 409 g/mol. The highest BCUT2D eigenvalue weighted by atomic mass is 19.1. The fourth-order valence-corrected chi connectivity index (χ4v) is 3.38. The van der Waals surface area contributed by atoms with Gasteiger partial charge in [-0.05, 0) is 55.7 Å². The minimum atomic E-state index is -0.460.